The van der Waals surface area contributed by atoms with E-state index in [1.165, 1.54) is 0 Å². The molecule has 1 heterocycles. The lowest BCUT2D eigenvalue weighted by Crippen LogP contribution is -2.47. The lowest BCUT2D eigenvalue weighted by molar-refractivity contribution is 0.0176. The van der Waals surface area contributed by atoms with Crippen LogP contribution in [0.5, 0.6) is 0 Å². The molecular formula is C15H23N3O2. The molecule has 2 rings (SSSR count). The topological polar surface area (TPSA) is 63.2 Å². The van der Waals surface area contributed by atoms with Crippen molar-refractivity contribution < 1.29 is 9.53 Å². The molecule has 0 unspecified atom stereocenters. The zero-order chi connectivity index (χ0) is 14.5. The van der Waals surface area contributed by atoms with Crippen LogP contribution in [0.15, 0.2) is 12.3 Å². The Morgan fingerprint density at radius 2 is 2.25 bits per heavy atom. The van der Waals surface area contributed by atoms with Crippen molar-refractivity contribution in [1.82, 2.24) is 10.3 Å². The fraction of sp³-hybridized carbons (Fsp3) is 0.600. The van der Waals surface area contributed by atoms with E-state index in [1.807, 2.05) is 13.0 Å². The lowest BCUT2D eigenvalue weighted by atomic mass is 9.89. The number of carbonyl (C=O) groups is 1. The average Bonchev–Trinajstić information content (AvgIpc) is 2.39. The van der Waals surface area contributed by atoms with Crippen molar-refractivity contribution in [1.29, 1.82) is 0 Å². The van der Waals surface area contributed by atoms with Gasteiger partial charge in [-0.25, -0.2) is 0 Å². The van der Waals surface area contributed by atoms with E-state index < -0.39 is 0 Å². The van der Waals surface area contributed by atoms with E-state index in [2.05, 4.69) is 22.5 Å². The second-order valence-electron chi connectivity index (χ2n) is 5.30. The number of nitrogens with zero attached hydrogens (tertiary/aromatic N) is 1. The Bertz CT molecular complexity index is 470. The molecule has 1 saturated carbocycles. The van der Waals surface area contributed by atoms with Crippen molar-refractivity contribution in [2.75, 3.05) is 19.0 Å². The summed E-state index contributed by atoms with van der Waals surface area (Å²) in [5, 5.41) is 6.32. The molecule has 1 aliphatic rings. The van der Waals surface area contributed by atoms with Crippen LogP contribution in [0.25, 0.3) is 0 Å². The van der Waals surface area contributed by atoms with Crippen LogP contribution in [0.1, 0.15) is 42.2 Å². The zero-order valence-electron chi connectivity index (χ0n) is 12.4. The summed E-state index contributed by atoms with van der Waals surface area (Å²) in [7, 11) is 1.71. The third-order valence-corrected chi connectivity index (χ3v) is 3.61. The number of hydrogen-bond donors (Lipinski definition) is 2. The number of methoxy groups -OCH3 is 1. The predicted octanol–water partition coefficient (Wildman–Crippen LogP) is 2.12. The van der Waals surface area contributed by atoms with E-state index in [0.29, 0.717) is 5.56 Å². The Morgan fingerprint density at radius 1 is 1.50 bits per heavy atom. The first-order valence-corrected chi connectivity index (χ1v) is 7.18. The smallest absolute Gasteiger partial charge is 0.255 e. The Hall–Kier alpha value is -1.62. The molecule has 0 spiro atoms. The number of carbonyl (C=O) groups excluding carboxylic acids is 1. The fourth-order valence-corrected chi connectivity index (χ4v) is 2.29. The number of pyridine rings is 1. The molecule has 0 aromatic carbocycles. The van der Waals surface area contributed by atoms with E-state index in [-0.39, 0.29) is 18.1 Å². The molecule has 1 aliphatic carbocycles. The van der Waals surface area contributed by atoms with Crippen molar-refractivity contribution >= 4 is 11.6 Å². The number of nitrogens with one attached hydrogen (secondary N) is 2. The molecule has 1 aromatic rings. The number of aryl methyl sites for hydroxylation is 1. The van der Waals surface area contributed by atoms with Gasteiger partial charge in [0, 0.05) is 31.6 Å². The minimum Gasteiger partial charge on any atom is -0.384 e. The van der Waals surface area contributed by atoms with E-state index in [9.17, 15) is 4.79 Å². The summed E-state index contributed by atoms with van der Waals surface area (Å²) in [4.78, 5) is 16.5. The standard InChI is InChI=1S/C15H23N3O2/c1-4-5-16-14-6-10(2)17-9-13(14)15(19)18-11-7-12(8-11)20-3/h6,9,11-12H,4-5,7-8H2,1-3H3,(H,16,17)(H,18,19). The summed E-state index contributed by atoms with van der Waals surface area (Å²) in [6.07, 6.45) is 4.72. The maximum atomic E-state index is 12.3. The lowest BCUT2D eigenvalue weighted by Gasteiger charge is -2.34. The van der Waals surface area contributed by atoms with Gasteiger partial charge in [-0.3, -0.25) is 9.78 Å². The highest BCUT2D eigenvalue weighted by molar-refractivity contribution is 5.99. The zero-order valence-corrected chi connectivity index (χ0v) is 12.4. The minimum absolute atomic E-state index is 0.0596. The maximum absolute atomic E-state index is 12.3. The van der Waals surface area contributed by atoms with Crippen LogP contribution in [0, 0.1) is 6.92 Å². The second-order valence-corrected chi connectivity index (χ2v) is 5.30. The molecule has 2 N–H and O–H groups in total. The molecule has 0 radical (unpaired) electrons. The number of ether oxygens (including phenoxy) is 1. The van der Waals surface area contributed by atoms with Gasteiger partial charge >= 0.3 is 0 Å². The predicted molar refractivity (Wildman–Crippen MR) is 79.0 cm³/mol. The van der Waals surface area contributed by atoms with Crippen molar-refractivity contribution in [2.45, 2.75) is 45.3 Å². The summed E-state index contributed by atoms with van der Waals surface area (Å²) in [5.74, 6) is -0.0596. The van der Waals surface area contributed by atoms with Crippen LogP contribution in [-0.4, -0.2) is 36.7 Å². The van der Waals surface area contributed by atoms with Crippen LogP contribution in [0.3, 0.4) is 0 Å². The van der Waals surface area contributed by atoms with E-state index in [0.717, 1.165) is 37.2 Å². The van der Waals surface area contributed by atoms with Gasteiger partial charge in [-0.05, 0) is 32.3 Å². The van der Waals surface area contributed by atoms with Gasteiger partial charge in [-0.1, -0.05) is 6.92 Å². The highest BCUT2D eigenvalue weighted by atomic mass is 16.5. The van der Waals surface area contributed by atoms with E-state index in [1.54, 1.807) is 13.3 Å². The van der Waals surface area contributed by atoms with Gasteiger partial charge in [0.25, 0.3) is 5.91 Å². The summed E-state index contributed by atoms with van der Waals surface area (Å²) >= 11 is 0. The maximum Gasteiger partial charge on any atom is 0.255 e. The van der Waals surface area contributed by atoms with Crippen molar-refractivity contribution in [3.63, 3.8) is 0 Å². The van der Waals surface area contributed by atoms with Crippen LogP contribution >= 0.6 is 0 Å². The van der Waals surface area contributed by atoms with Gasteiger partial charge in [0.15, 0.2) is 0 Å². The van der Waals surface area contributed by atoms with E-state index >= 15 is 0 Å². The monoisotopic (exact) mass is 277 g/mol. The molecule has 0 saturated heterocycles. The Kier molecular flexibility index (Phi) is 4.95. The summed E-state index contributed by atoms with van der Waals surface area (Å²) < 4.78 is 5.22. The number of aromatic nitrogens is 1. The van der Waals surface area contributed by atoms with E-state index in [4.69, 9.17) is 4.74 Å². The molecule has 1 amide bonds. The Balaban J connectivity index is 2.01. The van der Waals surface area contributed by atoms with Crippen molar-refractivity contribution in [3.05, 3.63) is 23.5 Å². The molecule has 110 valence electrons. The molecule has 0 aliphatic heterocycles. The normalized spacial score (nSPS) is 21.1. The molecular weight excluding hydrogens is 254 g/mol. The largest absolute Gasteiger partial charge is 0.384 e. The quantitative estimate of drug-likeness (QED) is 0.836. The van der Waals surface area contributed by atoms with Crippen LogP contribution < -0.4 is 10.6 Å². The van der Waals surface area contributed by atoms with Crippen LogP contribution in [0.2, 0.25) is 0 Å². The Labute approximate surface area is 120 Å². The van der Waals surface area contributed by atoms with Crippen LogP contribution in [0.4, 0.5) is 5.69 Å². The number of rotatable bonds is 6. The third kappa shape index (κ3) is 3.48. The summed E-state index contributed by atoms with van der Waals surface area (Å²) in [6.45, 7) is 4.87. The first-order chi connectivity index (χ1) is 9.63. The molecule has 1 aromatic heterocycles. The third-order valence-electron chi connectivity index (χ3n) is 3.61. The first kappa shape index (κ1) is 14.8. The van der Waals surface area contributed by atoms with Gasteiger partial charge in [-0.15, -0.1) is 0 Å². The molecule has 5 heteroatoms. The SMILES string of the molecule is CCCNc1cc(C)ncc1C(=O)NC1CC(OC)C1. The number of hydrogen-bond acceptors (Lipinski definition) is 4. The fourth-order valence-electron chi connectivity index (χ4n) is 2.29. The highest BCUT2D eigenvalue weighted by Crippen LogP contribution is 2.24. The van der Waals surface area contributed by atoms with Crippen molar-refractivity contribution in [3.8, 4) is 0 Å². The first-order valence-electron chi connectivity index (χ1n) is 7.18. The summed E-state index contributed by atoms with van der Waals surface area (Å²) in [5.41, 5.74) is 2.38. The van der Waals surface area contributed by atoms with Crippen molar-refractivity contribution in [2.24, 2.45) is 0 Å². The highest BCUT2D eigenvalue weighted by Gasteiger charge is 2.30. The second kappa shape index (κ2) is 6.70. The van der Waals surface area contributed by atoms with Gasteiger partial charge in [-0.2, -0.15) is 0 Å². The molecule has 5 nitrogen and oxygen atoms in total. The molecule has 1 fully saturated rings. The van der Waals surface area contributed by atoms with Gasteiger partial charge in [0.1, 0.15) is 0 Å². The van der Waals surface area contributed by atoms with Gasteiger partial charge in [0.05, 0.1) is 17.4 Å². The summed E-state index contributed by atoms with van der Waals surface area (Å²) in [6, 6.07) is 2.14. The van der Waals surface area contributed by atoms with Gasteiger partial charge < -0.3 is 15.4 Å². The molecule has 0 bridgehead atoms. The molecule has 20 heavy (non-hydrogen) atoms. The number of amides is 1. The minimum atomic E-state index is -0.0596. The van der Waals surface area contributed by atoms with Gasteiger partial charge in [0.2, 0.25) is 0 Å². The molecule has 0 atom stereocenters. The average molecular weight is 277 g/mol. The van der Waals surface area contributed by atoms with Crippen LogP contribution in [-0.2, 0) is 4.74 Å². The Morgan fingerprint density at radius 3 is 2.90 bits per heavy atom. The number of anilines is 1.